The Hall–Kier alpha value is -1.28. The fourth-order valence-corrected chi connectivity index (χ4v) is 2.62. The maximum absolute atomic E-state index is 6.10. The maximum Gasteiger partial charge on any atom is 0.119 e. The van der Waals surface area contributed by atoms with Crippen molar-refractivity contribution in [1.82, 2.24) is 0 Å². The van der Waals surface area contributed by atoms with E-state index in [4.69, 9.17) is 10.5 Å². The zero-order valence-electron chi connectivity index (χ0n) is 10.9. The number of methoxy groups -OCH3 is 1. The molecule has 2 nitrogen and oxygen atoms in total. The molecule has 0 bridgehead atoms. The summed E-state index contributed by atoms with van der Waals surface area (Å²) in [6.45, 7) is 4.56. The molecule has 92 valence electrons. The van der Waals surface area contributed by atoms with Gasteiger partial charge in [-0.3, -0.25) is 0 Å². The van der Waals surface area contributed by atoms with E-state index in [0.717, 1.165) is 18.6 Å². The van der Waals surface area contributed by atoms with Gasteiger partial charge in [0, 0.05) is 6.04 Å². The number of allylic oxidation sites excluding steroid dienone is 1. The lowest BCUT2D eigenvalue weighted by atomic mass is 9.74. The fourth-order valence-electron chi connectivity index (χ4n) is 2.62. The van der Waals surface area contributed by atoms with Crippen LogP contribution in [0.3, 0.4) is 0 Å². The van der Waals surface area contributed by atoms with Crippen LogP contribution in [0.2, 0.25) is 0 Å². The molecule has 0 fully saturated rings. The van der Waals surface area contributed by atoms with Crippen LogP contribution < -0.4 is 10.5 Å². The summed E-state index contributed by atoms with van der Waals surface area (Å²) in [5.74, 6) is 0.903. The first-order valence-electron chi connectivity index (χ1n) is 6.11. The van der Waals surface area contributed by atoms with E-state index in [1.54, 1.807) is 7.11 Å². The lowest BCUT2D eigenvalue weighted by molar-refractivity contribution is 0.318. The maximum atomic E-state index is 6.10. The molecule has 1 aliphatic carbocycles. The van der Waals surface area contributed by atoms with Gasteiger partial charge in [0.1, 0.15) is 5.75 Å². The minimum atomic E-state index is 0.167. The average Bonchev–Trinajstić information content (AvgIpc) is 2.26. The van der Waals surface area contributed by atoms with Crippen molar-refractivity contribution in [2.75, 3.05) is 7.11 Å². The van der Waals surface area contributed by atoms with E-state index in [0.29, 0.717) is 0 Å². The Morgan fingerprint density at radius 1 is 1.35 bits per heavy atom. The van der Waals surface area contributed by atoms with E-state index in [2.05, 4.69) is 32.1 Å². The lowest BCUT2D eigenvalue weighted by Gasteiger charge is -2.33. The summed E-state index contributed by atoms with van der Waals surface area (Å²) in [5, 5.41) is 0. The van der Waals surface area contributed by atoms with E-state index < -0.39 is 0 Å². The van der Waals surface area contributed by atoms with E-state index in [1.165, 1.54) is 11.1 Å². The molecule has 0 saturated carbocycles. The molecule has 0 amide bonds. The van der Waals surface area contributed by atoms with E-state index in [1.807, 2.05) is 12.1 Å². The van der Waals surface area contributed by atoms with Crippen LogP contribution in [0.1, 0.15) is 32.3 Å². The number of ether oxygens (including phenoxy) is 1. The Kier molecular flexibility index (Phi) is 3.25. The molecule has 1 atom stereocenters. The number of rotatable bonds is 2. The molecular formula is C15H21NO. The molecule has 0 radical (unpaired) electrons. The van der Waals surface area contributed by atoms with Crippen LogP contribution in [0.15, 0.2) is 30.3 Å². The third-order valence-electron chi connectivity index (χ3n) is 3.31. The zero-order valence-corrected chi connectivity index (χ0v) is 10.9. The molecule has 1 aromatic rings. The number of nitrogens with two attached hydrogens (primary N) is 1. The van der Waals surface area contributed by atoms with Crippen molar-refractivity contribution in [2.45, 2.75) is 32.7 Å². The molecule has 0 spiro atoms. The van der Waals surface area contributed by atoms with E-state index in [-0.39, 0.29) is 11.5 Å². The van der Waals surface area contributed by atoms with Gasteiger partial charge in [-0.1, -0.05) is 32.1 Å². The number of hydrogen-bond donors (Lipinski definition) is 1. The standard InChI is InChI=1S/C15H21NO/c1-15(2)9-12(7-13(16)10-15)11-5-4-6-14(8-11)17-3/h4-8,13H,9-10,16H2,1-3H3. The fraction of sp³-hybridized carbons (Fsp3) is 0.467. The highest BCUT2D eigenvalue weighted by molar-refractivity contribution is 5.68. The van der Waals surface area contributed by atoms with Gasteiger partial charge in [0.15, 0.2) is 0 Å². The van der Waals surface area contributed by atoms with Gasteiger partial charge in [-0.25, -0.2) is 0 Å². The van der Waals surface area contributed by atoms with Gasteiger partial charge in [0.05, 0.1) is 7.11 Å². The van der Waals surface area contributed by atoms with Crippen LogP contribution in [0, 0.1) is 5.41 Å². The molecule has 2 rings (SSSR count). The van der Waals surface area contributed by atoms with E-state index >= 15 is 0 Å². The molecule has 2 heteroatoms. The highest BCUT2D eigenvalue weighted by Crippen LogP contribution is 2.39. The van der Waals surface area contributed by atoms with Crippen LogP contribution in [0.25, 0.3) is 5.57 Å². The number of benzene rings is 1. The molecule has 1 unspecified atom stereocenters. The summed E-state index contributed by atoms with van der Waals surface area (Å²) >= 11 is 0. The van der Waals surface area contributed by atoms with Crippen molar-refractivity contribution in [2.24, 2.45) is 11.1 Å². The molecule has 0 saturated heterocycles. The quantitative estimate of drug-likeness (QED) is 0.848. The van der Waals surface area contributed by atoms with Crippen molar-refractivity contribution in [1.29, 1.82) is 0 Å². The Balaban J connectivity index is 2.32. The topological polar surface area (TPSA) is 35.2 Å². The molecule has 17 heavy (non-hydrogen) atoms. The first-order chi connectivity index (χ1) is 8.00. The third kappa shape index (κ3) is 2.89. The van der Waals surface area contributed by atoms with Gasteiger partial charge in [-0.05, 0) is 41.5 Å². The van der Waals surface area contributed by atoms with Crippen molar-refractivity contribution in [3.05, 3.63) is 35.9 Å². The molecule has 2 N–H and O–H groups in total. The normalized spacial score (nSPS) is 23.1. The highest BCUT2D eigenvalue weighted by Gasteiger charge is 2.27. The predicted molar refractivity (Wildman–Crippen MR) is 72.0 cm³/mol. The van der Waals surface area contributed by atoms with Gasteiger partial charge in [-0.2, -0.15) is 0 Å². The van der Waals surface area contributed by atoms with Crippen LogP contribution >= 0.6 is 0 Å². The van der Waals surface area contributed by atoms with Crippen molar-refractivity contribution >= 4 is 5.57 Å². The molecule has 1 aliphatic rings. The third-order valence-corrected chi connectivity index (χ3v) is 3.31. The van der Waals surface area contributed by atoms with Gasteiger partial charge in [0.25, 0.3) is 0 Å². The molecule has 0 aliphatic heterocycles. The second kappa shape index (κ2) is 4.53. The van der Waals surface area contributed by atoms with Crippen LogP contribution in [0.4, 0.5) is 0 Å². The average molecular weight is 231 g/mol. The Labute approximate surface area is 103 Å². The minimum absolute atomic E-state index is 0.167. The summed E-state index contributed by atoms with van der Waals surface area (Å²) < 4.78 is 5.27. The molecular weight excluding hydrogens is 210 g/mol. The largest absolute Gasteiger partial charge is 0.497 e. The summed E-state index contributed by atoms with van der Waals surface area (Å²) in [6.07, 6.45) is 4.33. The predicted octanol–water partition coefficient (Wildman–Crippen LogP) is 3.23. The molecule has 1 aromatic carbocycles. The second-order valence-corrected chi connectivity index (χ2v) is 5.63. The van der Waals surface area contributed by atoms with Crippen molar-refractivity contribution in [3.8, 4) is 5.75 Å². The van der Waals surface area contributed by atoms with Crippen molar-refractivity contribution in [3.63, 3.8) is 0 Å². The zero-order chi connectivity index (χ0) is 12.5. The summed E-state index contributed by atoms with van der Waals surface area (Å²) in [4.78, 5) is 0. The van der Waals surface area contributed by atoms with Crippen LogP contribution in [-0.4, -0.2) is 13.2 Å². The SMILES string of the molecule is COc1cccc(C2=CC(N)CC(C)(C)C2)c1. The monoisotopic (exact) mass is 231 g/mol. The van der Waals surface area contributed by atoms with Crippen molar-refractivity contribution < 1.29 is 4.74 Å². The Morgan fingerprint density at radius 2 is 2.12 bits per heavy atom. The highest BCUT2D eigenvalue weighted by atomic mass is 16.5. The summed E-state index contributed by atoms with van der Waals surface area (Å²) in [6, 6.07) is 8.38. The minimum Gasteiger partial charge on any atom is -0.497 e. The van der Waals surface area contributed by atoms with Gasteiger partial charge in [0.2, 0.25) is 0 Å². The summed E-state index contributed by atoms with van der Waals surface area (Å²) in [7, 11) is 1.70. The molecule has 0 aromatic heterocycles. The lowest BCUT2D eigenvalue weighted by Crippen LogP contribution is -2.30. The second-order valence-electron chi connectivity index (χ2n) is 5.63. The van der Waals surface area contributed by atoms with Gasteiger partial charge < -0.3 is 10.5 Å². The Morgan fingerprint density at radius 3 is 2.76 bits per heavy atom. The van der Waals surface area contributed by atoms with Gasteiger partial charge >= 0.3 is 0 Å². The van der Waals surface area contributed by atoms with Crippen LogP contribution in [-0.2, 0) is 0 Å². The van der Waals surface area contributed by atoms with Crippen LogP contribution in [0.5, 0.6) is 5.75 Å². The first-order valence-corrected chi connectivity index (χ1v) is 6.11. The van der Waals surface area contributed by atoms with E-state index in [9.17, 15) is 0 Å². The Bertz CT molecular complexity index is 434. The molecule has 0 heterocycles. The first kappa shape index (κ1) is 12.2. The smallest absolute Gasteiger partial charge is 0.119 e. The van der Waals surface area contributed by atoms with Gasteiger partial charge in [-0.15, -0.1) is 0 Å². The number of hydrogen-bond acceptors (Lipinski definition) is 2. The summed E-state index contributed by atoms with van der Waals surface area (Å²) in [5.41, 5.74) is 8.95.